The molecule has 0 saturated carbocycles. The third kappa shape index (κ3) is 4.44. The summed E-state index contributed by atoms with van der Waals surface area (Å²) in [5.74, 6) is -0.629. The smallest absolute Gasteiger partial charge is 0.339 e. The number of rotatable bonds is 8. The van der Waals surface area contributed by atoms with Crippen LogP contribution in [0.5, 0.6) is 0 Å². The van der Waals surface area contributed by atoms with Crippen LogP contribution in [-0.2, 0) is 28.0 Å². The molecule has 1 fully saturated rings. The summed E-state index contributed by atoms with van der Waals surface area (Å²) in [6, 6.07) is 16.6. The minimum Gasteiger partial charge on any atom is -0.467 e. The van der Waals surface area contributed by atoms with Crippen LogP contribution in [0.3, 0.4) is 0 Å². The van der Waals surface area contributed by atoms with E-state index in [9.17, 15) is 9.36 Å². The van der Waals surface area contributed by atoms with Crippen LogP contribution in [-0.4, -0.2) is 38.1 Å². The molecule has 0 N–H and O–H groups in total. The van der Waals surface area contributed by atoms with Gasteiger partial charge in [0.25, 0.3) is 0 Å². The highest BCUT2D eigenvalue weighted by Gasteiger charge is 2.58. The molecule has 2 aromatic rings. The van der Waals surface area contributed by atoms with Gasteiger partial charge in [0.05, 0.1) is 32.1 Å². The molecule has 3 atom stereocenters. The number of ether oxygens (including phenoxy) is 1. The molecule has 2 aromatic carbocycles. The molecule has 1 heterocycles. The summed E-state index contributed by atoms with van der Waals surface area (Å²) in [4.78, 5) is 18.8. The second-order valence-corrected chi connectivity index (χ2v) is 9.12. The lowest BCUT2D eigenvalue weighted by molar-refractivity contribution is -0.151. The van der Waals surface area contributed by atoms with E-state index in [1.807, 2.05) is 61.5 Å². The Kier molecular flexibility index (Phi) is 7.32. The Morgan fingerprint density at radius 3 is 2.17 bits per heavy atom. The summed E-state index contributed by atoms with van der Waals surface area (Å²) in [5.41, 5.74) is 1.73. The molecule has 1 aliphatic rings. The van der Waals surface area contributed by atoms with Crippen molar-refractivity contribution in [2.75, 3.05) is 25.4 Å². The van der Waals surface area contributed by atoms with E-state index >= 15 is 0 Å². The van der Waals surface area contributed by atoms with Crippen molar-refractivity contribution in [1.82, 2.24) is 0 Å². The van der Waals surface area contributed by atoms with Crippen molar-refractivity contribution in [2.45, 2.75) is 38.6 Å². The highest BCUT2D eigenvalue weighted by molar-refractivity contribution is 7.54. The molecule has 0 radical (unpaired) electrons. The van der Waals surface area contributed by atoms with Crippen LogP contribution >= 0.6 is 7.60 Å². The first kappa shape index (κ1) is 22.5. The van der Waals surface area contributed by atoms with Crippen LogP contribution in [0.1, 0.15) is 31.0 Å². The molecule has 3 rings (SSSR count). The number of benzene rings is 2. The van der Waals surface area contributed by atoms with Crippen molar-refractivity contribution >= 4 is 19.3 Å². The van der Waals surface area contributed by atoms with Crippen LogP contribution in [0.2, 0.25) is 0 Å². The Bertz CT molecular complexity index is 878. The number of hydroxylamine groups is 1. The Labute approximate surface area is 177 Å². The number of hydrogen-bond donors (Lipinski definition) is 0. The van der Waals surface area contributed by atoms with Crippen LogP contribution in [0.4, 0.5) is 5.69 Å². The fourth-order valence-corrected chi connectivity index (χ4v) is 5.94. The number of carbonyl (C=O) groups excluding carboxylic acids is 1. The molecule has 0 amide bonds. The lowest BCUT2D eigenvalue weighted by Gasteiger charge is -2.31. The average Bonchev–Trinajstić information content (AvgIpc) is 3.16. The zero-order chi connectivity index (χ0) is 21.7. The van der Waals surface area contributed by atoms with Gasteiger partial charge < -0.3 is 13.8 Å². The number of para-hydroxylation sites is 1. The molecule has 1 saturated heterocycles. The predicted molar refractivity (Wildman–Crippen MR) is 114 cm³/mol. The van der Waals surface area contributed by atoms with Crippen molar-refractivity contribution in [3.63, 3.8) is 0 Å². The first-order valence-corrected chi connectivity index (χ1v) is 11.6. The Morgan fingerprint density at radius 2 is 1.63 bits per heavy atom. The molecule has 0 aliphatic carbocycles. The summed E-state index contributed by atoms with van der Waals surface area (Å²) in [6.07, 6.45) is -1.15. The van der Waals surface area contributed by atoms with Gasteiger partial charge >= 0.3 is 13.6 Å². The topological polar surface area (TPSA) is 74.3 Å². The predicted octanol–water partition coefficient (Wildman–Crippen LogP) is 4.66. The number of aryl methyl sites for hydroxylation is 1. The van der Waals surface area contributed by atoms with Gasteiger partial charge in [-0.25, -0.2) is 9.86 Å². The monoisotopic (exact) mass is 433 g/mol. The van der Waals surface area contributed by atoms with E-state index in [2.05, 4.69) is 0 Å². The molecule has 30 heavy (non-hydrogen) atoms. The van der Waals surface area contributed by atoms with Gasteiger partial charge in [-0.15, -0.1) is 0 Å². The van der Waals surface area contributed by atoms with E-state index in [-0.39, 0.29) is 13.2 Å². The van der Waals surface area contributed by atoms with Crippen molar-refractivity contribution in [3.8, 4) is 0 Å². The van der Waals surface area contributed by atoms with Crippen LogP contribution in [0.25, 0.3) is 0 Å². The van der Waals surface area contributed by atoms with Crippen LogP contribution in [0.15, 0.2) is 54.6 Å². The first-order chi connectivity index (χ1) is 14.4. The van der Waals surface area contributed by atoms with Crippen LogP contribution in [0, 0.1) is 6.92 Å². The van der Waals surface area contributed by atoms with Crippen molar-refractivity contribution in [1.29, 1.82) is 0 Å². The summed E-state index contributed by atoms with van der Waals surface area (Å²) >= 11 is 0. The molecule has 0 aromatic heterocycles. The van der Waals surface area contributed by atoms with Gasteiger partial charge in [0.1, 0.15) is 5.66 Å². The van der Waals surface area contributed by atoms with Gasteiger partial charge in [0, 0.05) is 0 Å². The SMILES string of the molecule is CCOP(=O)(OCC)[C@@H]1[C@@H](c2ccc(C)cc2)N(c2ccccc2)O[C@H]1C(=O)OC. The minimum absolute atomic E-state index is 0.174. The maximum atomic E-state index is 13.9. The maximum Gasteiger partial charge on any atom is 0.339 e. The summed E-state index contributed by atoms with van der Waals surface area (Å²) in [5, 5.41) is 1.61. The van der Waals surface area contributed by atoms with Crippen molar-refractivity contribution in [2.24, 2.45) is 0 Å². The fourth-order valence-electron chi connectivity index (χ4n) is 3.65. The van der Waals surface area contributed by atoms with E-state index in [1.54, 1.807) is 18.9 Å². The molecule has 0 bridgehead atoms. The number of nitrogens with zero attached hydrogens (tertiary/aromatic N) is 1. The standard InChI is InChI=1S/C22H28NO6P/c1-5-27-30(25,28-6-2)21-19(17-14-12-16(3)13-15-17)23(18-10-8-7-9-11-18)29-20(21)22(24)26-4/h7-15,19-21H,5-6H2,1-4H3/t19-,20-,21-/m1/s1. The van der Waals surface area contributed by atoms with E-state index in [0.717, 1.165) is 16.8 Å². The Morgan fingerprint density at radius 1 is 1.03 bits per heavy atom. The molecule has 1 aliphatic heterocycles. The van der Waals surface area contributed by atoms with Crippen LogP contribution < -0.4 is 5.06 Å². The minimum atomic E-state index is -3.75. The van der Waals surface area contributed by atoms with Gasteiger partial charge in [0.2, 0.25) is 0 Å². The summed E-state index contributed by atoms with van der Waals surface area (Å²) in [7, 11) is -2.47. The summed E-state index contributed by atoms with van der Waals surface area (Å²) < 4.78 is 30.2. The average molecular weight is 433 g/mol. The zero-order valence-corrected chi connectivity index (χ0v) is 18.6. The number of methoxy groups -OCH3 is 1. The lowest BCUT2D eigenvalue weighted by Crippen LogP contribution is -2.35. The first-order valence-electron chi connectivity index (χ1n) is 9.99. The zero-order valence-electron chi connectivity index (χ0n) is 17.7. The second kappa shape index (κ2) is 9.75. The quantitative estimate of drug-likeness (QED) is 0.443. The van der Waals surface area contributed by atoms with E-state index in [1.165, 1.54) is 7.11 Å². The highest BCUT2D eigenvalue weighted by Crippen LogP contribution is 2.62. The molecule has 8 heteroatoms. The Balaban J connectivity index is 2.19. The molecule has 162 valence electrons. The van der Waals surface area contributed by atoms with Gasteiger partial charge in [-0.05, 0) is 38.5 Å². The third-order valence-electron chi connectivity index (χ3n) is 4.96. The number of esters is 1. The molecule has 0 spiro atoms. The maximum absolute atomic E-state index is 13.9. The molecule has 7 nitrogen and oxygen atoms in total. The van der Waals surface area contributed by atoms with E-state index < -0.39 is 31.4 Å². The fraction of sp³-hybridized carbons (Fsp3) is 0.409. The summed E-state index contributed by atoms with van der Waals surface area (Å²) in [6.45, 7) is 5.82. The highest BCUT2D eigenvalue weighted by atomic mass is 31.2. The van der Waals surface area contributed by atoms with Crippen molar-refractivity contribution < 1.29 is 28.0 Å². The normalized spacial score (nSPS) is 21.6. The molecular weight excluding hydrogens is 405 g/mol. The third-order valence-corrected chi connectivity index (χ3v) is 7.48. The van der Waals surface area contributed by atoms with Gasteiger partial charge in [-0.1, -0.05) is 48.0 Å². The number of carbonyl (C=O) groups is 1. The van der Waals surface area contributed by atoms with Crippen molar-refractivity contribution in [3.05, 3.63) is 65.7 Å². The van der Waals surface area contributed by atoms with Gasteiger partial charge in [-0.3, -0.25) is 9.40 Å². The van der Waals surface area contributed by atoms with Gasteiger partial charge in [-0.2, -0.15) is 0 Å². The molecular formula is C22H28NO6P. The molecule has 0 unspecified atom stereocenters. The number of hydrogen-bond acceptors (Lipinski definition) is 7. The van der Waals surface area contributed by atoms with E-state index in [4.69, 9.17) is 18.6 Å². The van der Waals surface area contributed by atoms with Gasteiger partial charge in [0.15, 0.2) is 6.10 Å². The van der Waals surface area contributed by atoms with E-state index in [0.29, 0.717) is 0 Å². The lowest BCUT2D eigenvalue weighted by atomic mass is 9.99. The number of anilines is 1. The second-order valence-electron chi connectivity index (χ2n) is 6.93. The largest absolute Gasteiger partial charge is 0.467 e. The Hall–Kier alpha value is -2.18.